The van der Waals surface area contributed by atoms with Gasteiger partial charge in [-0.25, -0.2) is 0 Å². The highest BCUT2D eigenvalue weighted by atomic mass is 16.8. The van der Waals surface area contributed by atoms with E-state index in [-0.39, 0.29) is 0 Å². The molecule has 1 unspecified atom stereocenters. The summed E-state index contributed by atoms with van der Waals surface area (Å²) in [6, 6.07) is 0. The van der Waals surface area contributed by atoms with Crippen LogP contribution < -0.4 is 0 Å². The molecule has 4 nitrogen and oxygen atoms in total. The molecule has 0 aromatic carbocycles. The molecule has 1 aliphatic rings. The second-order valence-electron chi connectivity index (χ2n) is 1.02. The Labute approximate surface area is 39.6 Å². The van der Waals surface area contributed by atoms with Crippen LogP contribution in [0.25, 0.3) is 0 Å². The van der Waals surface area contributed by atoms with E-state index in [2.05, 4.69) is 9.47 Å². The average Bonchev–Trinajstić information content (AvgIpc) is 1.87. The Morgan fingerprint density at radius 2 is 2.43 bits per heavy atom. The maximum absolute atomic E-state index is 8.25. The van der Waals surface area contributed by atoms with Gasteiger partial charge in [-0.1, -0.05) is 0 Å². The summed E-state index contributed by atoms with van der Waals surface area (Å²) in [6.07, 6.45) is 0.921. The van der Waals surface area contributed by atoms with Crippen LogP contribution >= 0.6 is 0 Å². The van der Waals surface area contributed by atoms with Crippen LogP contribution in [0.2, 0.25) is 0 Å². The third-order valence-electron chi connectivity index (χ3n) is 0.507. The van der Waals surface area contributed by atoms with Crippen LogP contribution in [-0.4, -0.2) is 16.7 Å². The monoisotopic (exact) mass is 104 g/mol. The van der Waals surface area contributed by atoms with Gasteiger partial charge in [-0.3, -0.25) is 0 Å². The first-order valence-electron chi connectivity index (χ1n) is 1.68. The standard InChI is InChI=1S/C3H4O4/c4-2-1-6-3(5)7-2/h1,3-5H. The fourth-order valence-corrected chi connectivity index (χ4v) is 0.275. The van der Waals surface area contributed by atoms with Crippen molar-refractivity contribution < 1.29 is 19.7 Å². The van der Waals surface area contributed by atoms with Gasteiger partial charge < -0.3 is 19.7 Å². The molecule has 0 aliphatic carbocycles. The van der Waals surface area contributed by atoms with Gasteiger partial charge in [0.25, 0.3) is 0 Å². The van der Waals surface area contributed by atoms with E-state index in [4.69, 9.17) is 10.2 Å². The summed E-state index contributed by atoms with van der Waals surface area (Å²) in [5.74, 6) is -0.396. The van der Waals surface area contributed by atoms with Gasteiger partial charge in [0.2, 0.25) is 0 Å². The zero-order chi connectivity index (χ0) is 5.28. The first-order chi connectivity index (χ1) is 3.29. The van der Waals surface area contributed by atoms with Crippen molar-refractivity contribution in [3.05, 3.63) is 12.2 Å². The second-order valence-corrected chi connectivity index (χ2v) is 1.02. The van der Waals surface area contributed by atoms with Crippen molar-refractivity contribution in [3.63, 3.8) is 0 Å². The van der Waals surface area contributed by atoms with E-state index in [1.807, 2.05) is 0 Å². The summed E-state index contributed by atoms with van der Waals surface area (Å²) < 4.78 is 8.30. The summed E-state index contributed by atoms with van der Waals surface area (Å²) in [5, 5.41) is 16.5. The molecule has 0 saturated heterocycles. The van der Waals surface area contributed by atoms with Crippen LogP contribution in [0.1, 0.15) is 0 Å². The van der Waals surface area contributed by atoms with Crippen molar-refractivity contribution in [2.45, 2.75) is 6.48 Å². The van der Waals surface area contributed by atoms with Gasteiger partial charge in [-0.2, -0.15) is 0 Å². The van der Waals surface area contributed by atoms with Crippen molar-refractivity contribution in [2.75, 3.05) is 0 Å². The Morgan fingerprint density at radius 1 is 1.71 bits per heavy atom. The second kappa shape index (κ2) is 1.31. The third kappa shape index (κ3) is 0.747. The van der Waals surface area contributed by atoms with E-state index < -0.39 is 12.4 Å². The predicted octanol–water partition coefficient (Wildman–Crippen LogP) is -0.334. The molecule has 0 saturated carbocycles. The topological polar surface area (TPSA) is 58.9 Å². The molecule has 7 heavy (non-hydrogen) atoms. The first-order valence-corrected chi connectivity index (χ1v) is 1.68. The Kier molecular flexibility index (Phi) is 0.796. The highest BCUT2D eigenvalue weighted by molar-refractivity contribution is 4.75. The van der Waals surface area contributed by atoms with Gasteiger partial charge in [0.05, 0.1) is 0 Å². The van der Waals surface area contributed by atoms with Crippen molar-refractivity contribution in [1.29, 1.82) is 0 Å². The number of hydrogen-bond acceptors (Lipinski definition) is 4. The van der Waals surface area contributed by atoms with E-state index in [9.17, 15) is 0 Å². The SMILES string of the molecule is OC1=COC(O)O1. The van der Waals surface area contributed by atoms with Crippen molar-refractivity contribution in [2.24, 2.45) is 0 Å². The quantitative estimate of drug-likeness (QED) is 0.441. The summed E-state index contributed by atoms with van der Waals surface area (Å²) in [5.41, 5.74) is 0. The van der Waals surface area contributed by atoms with Crippen LogP contribution in [0.15, 0.2) is 12.2 Å². The summed E-state index contributed by atoms with van der Waals surface area (Å²) >= 11 is 0. The van der Waals surface area contributed by atoms with Crippen LogP contribution in [0.4, 0.5) is 0 Å². The van der Waals surface area contributed by atoms with Crippen LogP contribution in [0.5, 0.6) is 0 Å². The molecule has 4 heteroatoms. The molecule has 1 heterocycles. The van der Waals surface area contributed by atoms with Gasteiger partial charge >= 0.3 is 12.4 Å². The molecule has 0 bridgehead atoms. The van der Waals surface area contributed by atoms with E-state index >= 15 is 0 Å². The molecule has 0 aromatic rings. The molecular weight excluding hydrogens is 100 g/mol. The lowest BCUT2D eigenvalue weighted by atomic mass is 11.0. The lowest BCUT2D eigenvalue weighted by Gasteiger charge is -1.97. The van der Waals surface area contributed by atoms with Gasteiger partial charge in [0, 0.05) is 0 Å². The normalized spacial score (nSPS) is 28.1. The van der Waals surface area contributed by atoms with Gasteiger partial charge in [-0.15, -0.1) is 0 Å². The van der Waals surface area contributed by atoms with Crippen LogP contribution in [0, 0.1) is 0 Å². The van der Waals surface area contributed by atoms with E-state index in [0.717, 1.165) is 6.26 Å². The Hall–Kier alpha value is -0.900. The lowest BCUT2D eigenvalue weighted by Crippen LogP contribution is -2.04. The Bertz CT molecular complexity index is 97.1. The van der Waals surface area contributed by atoms with Crippen molar-refractivity contribution >= 4 is 0 Å². The predicted molar refractivity (Wildman–Crippen MR) is 18.9 cm³/mol. The molecule has 0 amide bonds. The largest absolute Gasteiger partial charge is 0.479 e. The first kappa shape index (κ1) is 4.26. The van der Waals surface area contributed by atoms with Gasteiger partial charge in [0.15, 0.2) is 6.26 Å². The number of aliphatic hydroxyl groups excluding tert-OH is 2. The summed E-state index contributed by atoms with van der Waals surface area (Å²) in [4.78, 5) is 0. The highest BCUT2D eigenvalue weighted by Gasteiger charge is 2.13. The maximum atomic E-state index is 8.25. The number of aliphatic hydroxyl groups is 2. The molecule has 40 valence electrons. The number of hydrogen-bond donors (Lipinski definition) is 2. The zero-order valence-electron chi connectivity index (χ0n) is 3.37. The fraction of sp³-hybridized carbons (Fsp3) is 0.333. The fourth-order valence-electron chi connectivity index (χ4n) is 0.275. The van der Waals surface area contributed by atoms with Gasteiger partial charge in [0.1, 0.15) is 0 Å². The maximum Gasteiger partial charge on any atom is 0.360 e. The molecule has 0 spiro atoms. The minimum atomic E-state index is -1.32. The molecule has 1 aliphatic heterocycles. The average molecular weight is 104 g/mol. The molecule has 2 N–H and O–H groups in total. The van der Waals surface area contributed by atoms with E-state index in [1.165, 1.54) is 0 Å². The highest BCUT2D eigenvalue weighted by Crippen LogP contribution is 2.06. The van der Waals surface area contributed by atoms with Gasteiger partial charge in [-0.05, 0) is 0 Å². The number of ether oxygens (including phenoxy) is 2. The zero-order valence-corrected chi connectivity index (χ0v) is 3.37. The molecule has 0 aromatic heterocycles. The Morgan fingerprint density at radius 3 is 2.57 bits per heavy atom. The van der Waals surface area contributed by atoms with Crippen molar-refractivity contribution in [1.82, 2.24) is 0 Å². The molecule has 0 fully saturated rings. The van der Waals surface area contributed by atoms with E-state index in [1.54, 1.807) is 0 Å². The molecule has 0 radical (unpaired) electrons. The number of rotatable bonds is 0. The summed E-state index contributed by atoms with van der Waals surface area (Å²) in [7, 11) is 0. The molecule has 1 rings (SSSR count). The third-order valence-corrected chi connectivity index (χ3v) is 0.507. The van der Waals surface area contributed by atoms with Crippen molar-refractivity contribution in [3.8, 4) is 0 Å². The minimum Gasteiger partial charge on any atom is -0.479 e. The smallest absolute Gasteiger partial charge is 0.360 e. The van der Waals surface area contributed by atoms with Crippen LogP contribution in [0.3, 0.4) is 0 Å². The Balaban J connectivity index is 2.42. The molecular formula is C3H4O4. The minimum absolute atomic E-state index is 0.396. The van der Waals surface area contributed by atoms with Crippen LogP contribution in [-0.2, 0) is 9.47 Å². The molecule has 1 atom stereocenters. The lowest BCUT2D eigenvalue weighted by molar-refractivity contribution is -0.199. The van der Waals surface area contributed by atoms with E-state index in [0.29, 0.717) is 0 Å². The summed E-state index contributed by atoms with van der Waals surface area (Å²) in [6.45, 7) is -1.32.